The topological polar surface area (TPSA) is 73.5 Å². The van der Waals surface area contributed by atoms with Gasteiger partial charge in [-0.2, -0.15) is 0 Å². The number of benzene rings is 1. The Bertz CT molecular complexity index is 496. The standard InChI is InChI=1S/C14H20N4O2.ClH/c1-2-7-16-14(20)17-13(19)10-18-9-8-15-11-5-3-4-6-12(11)18;/h3-6,15H,2,7-10H2,1H3,(H2,16,17,19,20);1H. The lowest BCUT2D eigenvalue weighted by molar-refractivity contribution is -0.118. The van der Waals surface area contributed by atoms with Crippen LogP contribution in [0.2, 0.25) is 0 Å². The number of nitrogens with zero attached hydrogens (tertiary/aromatic N) is 1. The second-order valence-corrected chi connectivity index (χ2v) is 4.67. The maximum Gasteiger partial charge on any atom is 0.321 e. The van der Waals surface area contributed by atoms with Crippen molar-refractivity contribution >= 4 is 35.7 Å². The average Bonchev–Trinajstić information content (AvgIpc) is 2.45. The lowest BCUT2D eigenvalue weighted by Crippen LogP contribution is -2.46. The van der Waals surface area contributed by atoms with Crippen molar-refractivity contribution in [3.05, 3.63) is 24.3 Å². The first-order chi connectivity index (χ1) is 9.70. The molecule has 0 aromatic heterocycles. The quantitative estimate of drug-likeness (QED) is 0.789. The van der Waals surface area contributed by atoms with Gasteiger partial charge in [-0.05, 0) is 18.6 Å². The second kappa shape index (κ2) is 8.36. The van der Waals surface area contributed by atoms with Crippen LogP contribution < -0.4 is 20.9 Å². The summed E-state index contributed by atoms with van der Waals surface area (Å²) in [7, 11) is 0. The van der Waals surface area contributed by atoms with Crippen molar-refractivity contribution in [2.24, 2.45) is 0 Å². The molecular weight excluding hydrogens is 292 g/mol. The first-order valence-electron chi connectivity index (χ1n) is 6.86. The van der Waals surface area contributed by atoms with Gasteiger partial charge in [0.05, 0.1) is 17.9 Å². The Morgan fingerprint density at radius 3 is 2.86 bits per heavy atom. The largest absolute Gasteiger partial charge is 0.382 e. The molecule has 0 unspecified atom stereocenters. The molecule has 1 aliphatic rings. The van der Waals surface area contributed by atoms with Crippen molar-refractivity contribution in [2.75, 3.05) is 36.4 Å². The number of hydrogen-bond donors (Lipinski definition) is 3. The number of carbonyl (C=O) groups excluding carboxylic acids is 2. The summed E-state index contributed by atoms with van der Waals surface area (Å²) in [5, 5.41) is 8.24. The Morgan fingerprint density at radius 1 is 1.33 bits per heavy atom. The number of imide groups is 1. The molecule has 1 aromatic rings. The first-order valence-corrected chi connectivity index (χ1v) is 6.86. The summed E-state index contributed by atoms with van der Waals surface area (Å²) in [5.74, 6) is -0.296. The number of nitrogens with one attached hydrogen (secondary N) is 3. The molecule has 0 atom stereocenters. The third-order valence-electron chi connectivity index (χ3n) is 3.06. The minimum Gasteiger partial charge on any atom is -0.382 e. The summed E-state index contributed by atoms with van der Waals surface area (Å²) in [4.78, 5) is 25.3. The summed E-state index contributed by atoms with van der Waals surface area (Å²) >= 11 is 0. The molecule has 1 aliphatic heterocycles. The van der Waals surface area contributed by atoms with E-state index < -0.39 is 6.03 Å². The van der Waals surface area contributed by atoms with Crippen LogP contribution in [0.1, 0.15) is 13.3 Å². The number of fused-ring (bicyclic) bond motifs is 1. The number of halogens is 1. The number of para-hydroxylation sites is 2. The van der Waals surface area contributed by atoms with Gasteiger partial charge in [-0.25, -0.2) is 4.79 Å². The van der Waals surface area contributed by atoms with E-state index in [9.17, 15) is 9.59 Å². The first kappa shape index (κ1) is 17.1. The van der Waals surface area contributed by atoms with Crippen LogP contribution >= 0.6 is 12.4 Å². The van der Waals surface area contributed by atoms with E-state index in [1.54, 1.807) is 0 Å². The fourth-order valence-electron chi connectivity index (χ4n) is 2.13. The minimum absolute atomic E-state index is 0. The molecule has 3 amide bonds. The summed E-state index contributed by atoms with van der Waals surface area (Å²) in [6, 6.07) is 7.40. The minimum atomic E-state index is -0.430. The number of hydrogen-bond acceptors (Lipinski definition) is 4. The van der Waals surface area contributed by atoms with Gasteiger partial charge < -0.3 is 15.5 Å². The molecule has 0 saturated heterocycles. The van der Waals surface area contributed by atoms with Crippen LogP contribution in [0.3, 0.4) is 0 Å². The van der Waals surface area contributed by atoms with Crippen LogP contribution in [0.4, 0.5) is 16.2 Å². The van der Waals surface area contributed by atoms with Gasteiger partial charge >= 0.3 is 6.03 Å². The SMILES string of the molecule is CCCNC(=O)NC(=O)CN1CCNc2ccccc21.Cl. The predicted molar refractivity (Wildman–Crippen MR) is 86.2 cm³/mol. The molecule has 2 rings (SSSR count). The predicted octanol–water partition coefficient (Wildman–Crippen LogP) is 1.58. The van der Waals surface area contributed by atoms with Crippen LogP contribution in [0.15, 0.2) is 24.3 Å². The molecule has 1 aromatic carbocycles. The van der Waals surface area contributed by atoms with E-state index in [-0.39, 0.29) is 24.9 Å². The van der Waals surface area contributed by atoms with Gasteiger partial charge in [0.1, 0.15) is 0 Å². The smallest absolute Gasteiger partial charge is 0.321 e. The van der Waals surface area contributed by atoms with Crippen LogP contribution in [0.25, 0.3) is 0 Å². The molecule has 6 nitrogen and oxygen atoms in total. The Morgan fingerprint density at radius 2 is 2.10 bits per heavy atom. The number of urea groups is 1. The third kappa shape index (κ3) is 4.82. The molecule has 1 heterocycles. The van der Waals surface area contributed by atoms with Gasteiger partial charge in [-0.15, -0.1) is 12.4 Å². The van der Waals surface area contributed by atoms with E-state index in [0.717, 1.165) is 30.9 Å². The van der Waals surface area contributed by atoms with Crippen LogP contribution in [0.5, 0.6) is 0 Å². The van der Waals surface area contributed by atoms with Crippen molar-refractivity contribution in [3.63, 3.8) is 0 Å². The van der Waals surface area contributed by atoms with Crippen LogP contribution in [-0.4, -0.2) is 38.1 Å². The summed E-state index contributed by atoms with van der Waals surface area (Å²) in [6.07, 6.45) is 0.840. The van der Waals surface area contributed by atoms with Gasteiger partial charge in [0.15, 0.2) is 0 Å². The molecule has 0 fully saturated rings. The highest BCUT2D eigenvalue weighted by Gasteiger charge is 2.19. The maximum absolute atomic E-state index is 11.9. The van der Waals surface area contributed by atoms with Gasteiger partial charge in [-0.1, -0.05) is 19.1 Å². The fraction of sp³-hybridized carbons (Fsp3) is 0.429. The highest BCUT2D eigenvalue weighted by atomic mass is 35.5. The molecular formula is C14H21ClN4O2. The molecule has 21 heavy (non-hydrogen) atoms. The molecule has 0 spiro atoms. The van der Waals surface area contributed by atoms with Crippen molar-refractivity contribution in [2.45, 2.75) is 13.3 Å². The lowest BCUT2D eigenvalue weighted by atomic mass is 10.2. The number of anilines is 2. The monoisotopic (exact) mass is 312 g/mol. The zero-order chi connectivity index (χ0) is 14.4. The number of rotatable bonds is 4. The highest BCUT2D eigenvalue weighted by molar-refractivity contribution is 5.96. The molecule has 0 radical (unpaired) electrons. The zero-order valence-electron chi connectivity index (χ0n) is 12.0. The van der Waals surface area contributed by atoms with E-state index in [4.69, 9.17) is 0 Å². The van der Waals surface area contributed by atoms with Crippen molar-refractivity contribution in [3.8, 4) is 0 Å². The van der Waals surface area contributed by atoms with Crippen LogP contribution in [0, 0.1) is 0 Å². The number of carbonyl (C=O) groups is 2. The second-order valence-electron chi connectivity index (χ2n) is 4.67. The zero-order valence-corrected chi connectivity index (χ0v) is 12.8. The normalized spacial score (nSPS) is 12.5. The summed E-state index contributed by atoms with van der Waals surface area (Å²) in [5.41, 5.74) is 2.00. The van der Waals surface area contributed by atoms with Crippen LogP contribution in [-0.2, 0) is 4.79 Å². The Balaban J connectivity index is 0.00000220. The van der Waals surface area contributed by atoms with Gasteiger partial charge in [-0.3, -0.25) is 10.1 Å². The van der Waals surface area contributed by atoms with E-state index in [0.29, 0.717) is 6.54 Å². The Labute approximate surface area is 130 Å². The van der Waals surface area contributed by atoms with E-state index in [1.807, 2.05) is 36.1 Å². The summed E-state index contributed by atoms with van der Waals surface area (Å²) in [6.45, 7) is 4.22. The Kier molecular flexibility index (Phi) is 6.81. The molecule has 7 heteroatoms. The maximum atomic E-state index is 11.9. The lowest BCUT2D eigenvalue weighted by Gasteiger charge is -2.31. The van der Waals surface area contributed by atoms with E-state index in [2.05, 4.69) is 16.0 Å². The average molecular weight is 313 g/mol. The fourth-order valence-corrected chi connectivity index (χ4v) is 2.13. The van der Waals surface area contributed by atoms with Gasteiger partial charge in [0.2, 0.25) is 5.91 Å². The molecule has 116 valence electrons. The molecule has 3 N–H and O–H groups in total. The third-order valence-corrected chi connectivity index (χ3v) is 3.06. The summed E-state index contributed by atoms with van der Waals surface area (Å²) < 4.78 is 0. The van der Waals surface area contributed by atoms with Crippen molar-refractivity contribution in [1.82, 2.24) is 10.6 Å². The van der Waals surface area contributed by atoms with Crippen molar-refractivity contribution in [1.29, 1.82) is 0 Å². The molecule has 0 bridgehead atoms. The molecule has 0 aliphatic carbocycles. The molecule has 0 saturated carbocycles. The van der Waals surface area contributed by atoms with Gasteiger partial charge in [0, 0.05) is 19.6 Å². The highest BCUT2D eigenvalue weighted by Crippen LogP contribution is 2.27. The number of amides is 3. The van der Waals surface area contributed by atoms with Gasteiger partial charge in [0.25, 0.3) is 0 Å². The van der Waals surface area contributed by atoms with E-state index in [1.165, 1.54) is 0 Å². The van der Waals surface area contributed by atoms with E-state index >= 15 is 0 Å². The Hall–Kier alpha value is -1.95. The van der Waals surface area contributed by atoms with Crippen molar-refractivity contribution < 1.29 is 9.59 Å².